The van der Waals surface area contributed by atoms with Crippen molar-refractivity contribution < 1.29 is 23.9 Å². The standard InChI is InChI=1S/C38H52N2O6/c1-6-8-10-12-13-14-16-26-44-32-22-18-30(19-23-32)31-20-24-33(25-21-31)46-38(41)34-27-36(39(4)5)37(28-35(34)40(42)43)45-29(3)17-15-11-9-7-2/h18-25,27-29H,6-17,26H2,1-5H3. The highest BCUT2D eigenvalue weighted by Gasteiger charge is 2.27. The molecule has 0 heterocycles. The Bertz CT molecular complexity index is 1350. The Morgan fingerprint density at radius 3 is 1.89 bits per heavy atom. The number of rotatable bonds is 21. The molecule has 0 radical (unpaired) electrons. The number of hydrogen-bond donors (Lipinski definition) is 0. The van der Waals surface area contributed by atoms with Crippen LogP contribution in [-0.4, -0.2) is 37.7 Å². The first-order valence-electron chi connectivity index (χ1n) is 16.9. The molecule has 3 aromatic carbocycles. The lowest BCUT2D eigenvalue weighted by atomic mass is 10.1. The van der Waals surface area contributed by atoms with Crippen LogP contribution in [0.5, 0.6) is 17.2 Å². The number of anilines is 1. The molecule has 0 saturated carbocycles. The average Bonchev–Trinajstić information content (AvgIpc) is 3.04. The van der Waals surface area contributed by atoms with Crippen LogP contribution in [0.4, 0.5) is 11.4 Å². The quantitative estimate of drug-likeness (QED) is 0.0379. The monoisotopic (exact) mass is 632 g/mol. The van der Waals surface area contributed by atoms with E-state index in [2.05, 4.69) is 13.8 Å². The van der Waals surface area contributed by atoms with Crippen LogP contribution in [0, 0.1) is 10.1 Å². The van der Waals surface area contributed by atoms with Gasteiger partial charge in [-0.25, -0.2) is 4.79 Å². The number of unbranched alkanes of at least 4 members (excludes halogenated alkanes) is 9. The summed E-state index contributed by atoms with van der Waals surface area (Å²) in [5, 5.41) is 12.0. The zero-order chi connectivity index (χ0) is 33.3. The van der Waals surface area contributed by atoms with Crippen LogP contribution >= 0.6 is 0 Å². The van der Waals surface area contributed by atoms with Gasteiger partial charge in [0, 0.05) is 14.1 Å². The molecule has 250 valence electrons. The molecule has 1 unspecified atom stereocenters. The molecular weight excluding hydrogens is 580 g/mol. The van der Waals surface area contributed by atoms with Crippen LogP contribution in [0.25, 0.3) is 11.1 Å². The number of benzene rings is 3. The van der Waals surface area contributed by atoms with Crippen LogP contribution in [-0.2, 0) is 0 Å². The number of esters is 1. The molecule has 0 saturated heterocycles. The zero-order valence-electron chi connectivity index (χ0n) is 28.4. The lowest BCUT2D eigenvalue weighted by Gasteiger charge is -2.22. The summed E-state index contributed by atoms with van der Waals surface area (Å²) in [6, 6.07) is 17.8. The Kier molecular flexibility index (Phi) is 15.4. The third-order valence-electron chi connectivity index (χ3n) is 8.04. The van der Waals surface area contributed by atoms with Gasteiger partial charge in [0.1, 0.15) is 22.8 Å². The molecule has 0 amide bonds. The van der Waals surface area contributed by atoms with Crippen molar-refractivity contribution >= 4 is 17.3 Å². The fourth-order valence-electron chi connectivity index (χ4n) is 5.32. The predicted molar refractivity (Wildman–Crippen MR) is 187 cm³/mol. The van der Waals surface area contributed by atoms with Crippen molar-refractivity contribution in [1.82, 2.24) is 0 Å². The van der Waals surface area contributed by atoms with Crippen LogP contribution in [0.3, 0.4) is 0 Å². The molecule has 0 aliphatic carbocycles. The minimum Gasteiger partial charge on any atom is -0.494 e. The summed E-state index contributed by atoms with van der Waals surface area (Å²) in [5.41, 5.74) is 2.04. The van der Waals surface area contributed by atoms with Gasteiger partial charge >= 0.3 is 5.97 Å². The number of ether oxygens (including phenoxy) is 3. The van der Waals surface area contributed by atoms with Crippen LogP contribution < -0.4 is 19.1 Å². The third kappa shape index (κ3) is 11.7. The van der Waals surface area contributed by atoms with E-state index in [0.29, 0.717) is 17.2 Å². The van der Waals surface area contributed by atoms with E-state index in [0.717, 1.165) is 55.6 Å². The molecule has 3 aromatic rings. The third-order valence-corrected chi connectivity index (χ3v) is 8.04. The molecule has 0 N–H and O–H groups in total. The van der Waals surface area contributed by atoms with Crippen LogP contribution in [0.2, 0.25) is 0 Å². The second kappa shape index (κ2) is 19.4. The fraction of sp³-hybridized carbons (Fsp3) is 0.500. The van der Waals surface area contributed by atoms with E-state index in [4.69, 9.17) is 14.2 Å². The lowest BCUT2D eigenvalue weighted by molar-refractivity contribution is -0.385. The summed E-state index contributed by atoms with van der Waals surface area (Å²) in [4.78, 5) is 26.5. The van der Waals surface area contributed by atoms with Gasteiger partial charge in [0.05, 0.1) is 29.4 Å². The number of nitro groups is 1. The largest absolute Gasteiger partial charge is 0.494 e. The predicted octanol–water partition coefficient (Wildman–Crippen LogP) is 10.4. The van der Waals surface area contributed by atoms with Gasteiger partial charge in [0.15, 0.2) is 0 Å². The average molecular weight is 633 g/mol. The van der Waals surface area contributed by atoms with Crippen molar-refractivity contribution in [3.05, 3.63) is 76.3 Å². The molecule has 0 bridgehead atoms. The number of hydrogen-bond acceptors (Lipinski definition) is 7. The summed E-state index contributed by atoms with van der Waals surface area (Å²) in [6.07, 6.45) is 13.9. The van der Waals surface area contributed by atoms with Crippen molar-refractivity contribution in [2.45, 2.75) is 104 Å². The SMILES string of the molecule is CCCCCCCCCOc1ccc(-c2ccc(OC(=O)c3cc(N(C)C)c(OC(C)CCCCCC)cc3[N+](=O)[O-])cc2)cc1. The Hall–Kier alpha value is -4.07. The summed E-state index contributed by atoms with van der Waals surface area (Å²) in [7, 11) is 3.62. The number of nitro benzene ring substituents is 1. The van der Waals surface area contributed by atoms with Crippen LogP contribution in [0.1, 0.15) is 108 Å². The maximum absolute atomic E-state index is 13.2. The number of nitrogens with zero attached hydrogens (tertiary/aromatic N) is 2. The van der Waals surface area contributed by atoms with Gasteiger partial charge < -0.3 is 19.1 Å². The highest BCUT2D eigenvalue weighted by Crippen LogP contribution is 2.36. The van der Waals surface area contributed by atoms with Gasteiger partial charge in [-0.1, -0.05) is 95.9 Å². The molecule has 8 heteroatoms. The molecule has 8 nitrogen and oxygen atoms in total. The van der Waals surface area contributed by atoms with Gasteiger partial charge in [-0.3, -0.25) is 10.1 Å². The smallest absolute Gasteiger partial charge is 0.350 e. The molecule has 0 spiro atoms. The van der Waals surface area contributed by atoms with Crippen molar-refractivity contribution in [1.29, 1.82) is 0 Å². The maximum atomic E-state index is 13.2. The van der Waals surface area contributed by atoms with Gasteiger partial charge in [-0.2, -0.15) is 0 Å². The lowest BCUT2D eigenvalue weighted by Crippen LogP contribution is -2.18. The second-order valence-electron chi connectivity index (χ2n) is 12.2. The van der Waals surface area contributed by atoms with Gasteiger partial charge in [0.25, 0.3) is 5.69 Å². The van der Waals surface area contributed by atoms with Crippen molar-refractivity contribution in [2.24, 2.45) is 0 Å². The molecule has 0 aliphatic heterocycles. The first kappa shape index (κ1) is 36.4. The van der Waals surface area contributed by atoms with E-state index in [1.54, 1.807) is 17.0 Å². The van der Waals surface area contributed by atoms with Crippen molar-refractivity contribution in [3.8, 4) is 28.4 Å². The summed E-state index contributed by atoms with van der Waals surface area (Å²) < 4.78 is 17.6. The van der Waals surface area contributed by atoms with E-state index >= 15 is 0 Å². The van der Waals surface area contributed by atoms with E-state index < -0.39 is 10.9 Å². The second-order valence-corrected chi connectivity index (χ2v) is 12.2. The minimum atomic E-state index is -0.802. The zero-order valence-corrected chi connectivity index (χ0v) is 28.4. The van der Waals surface area contributed by atoms with Crippen molar-refractivity contribution in [3.63, 3.8) is 0 Å². The Labute approximate surface area is 275 Å². The first-order valence-corrected chi connectivity index (χ1v) is 16.9. The fourth-order valence-corrected chi connectivity index (χ4v) is 5.32. The highest BCUT2D eigenvalue weighted by molar-refractivity contribution is 5.97. The molecular formula is C38H52N2O6. The maximum Gasteiger partial charge on any atom is 0.350 e. The van der Waals surface area contributed by atoms with Crippen molar-refractivity contribution in [2.75, 3.05) is 25.6 Å². The summed E-state index contributed by atoms with van der Waals surface area (Å²) in [6.45, 7) is 7.08. The number of carbonyl (C=O) groups excluding carboxylic acids is 1. The molecule has 0 aromatic heterocycles. The van der Waals surface area contributed by atoms with E-state index in [1.807, 2.05) is 57.4 Å². The molecule has 0 aliphatic rings. The van der Waals surface area contributed by atoms with E-state index in [1.165, 1.54) is 57.1 Å². The number of carbonyl (C=O) groups is 1. The molecule has 3 rings (SSSR count). The molecule has 1 atom stereocenters. The minimum absolute atomic E-state index is 0.120. The normalized spacial score (nSPS) is 11.6. The Morgan fingerprint density at radius 2 is 1.33 bits per heavy atom. The molecule has 0 fully saturated rings. The first-order chi connectivity index (χ1) is 22.2. The van der Waals surface area contributed by atoms with Gasteiger partial charge in [-0.15, -0.1) is 0 Å². The van der Waals surface area contributed by atoms with Gasteiger partial charge in [0.2, 0.25) is 0 Å². The molecule has 46 heavy (non-hydrogen) atoms. The van der Waals surface area contributed by atoms with Crippen LogP contribution in [0.15, 0.2) is 60.7 Å². The Balaban J connectivity index is 1.62. The topological polar surface area (TPSA) is 91.1 Å². The van der Waals surface area contributed by atoms with Gasteiger partial charge in [-0.05, 0) is 67.6 Å². The summed E-state index contributed by atoms with van der Waals surface area (Å²) >= 11 is 0. The summed E-state index contributed by atoms with van der Waals surface area (Å²) in [5.74, 6) is 0.709. The van der Waals surface area contributed by atoms with E-state index in [-0.39, 0.29) is 17.4 Å². The highest BCUT2D eigenvalue weighted by atomic mass is 16.6. The Morgan fingerprint density at radius 1 is 0.783 bits per heavy atom. The van der Waals surface area contributed by atoms with E-state index in [9.17, 15) is 14.9 Å².